The van der Waals surface area contributed by atoms with Crippen LogP contribution in [0.4, 0.5) is 5.82 Å². The van der Waals surface area contributed by atoms with Crippen molar-refractivity contribution in [2.24, 2.45) is 0 Å². The first kappa shape index (κ1) is 16.0. The Labute approximate surface area is 145 Å². The van der Waals surface area contributed by atoms with Gasteiger partial charge in [-0.25, -0.2) is 4.98 Å². The van der Waals surface area contributed by atoms with Crippen molar-refractivity contribution in [1.29, 1.82) is 0 Å². The van der Waals surface area contributed by atoms with Crippen molar-refractivity contribution in [1.82, 2.24) is 19.8 Å². The van der Waals surface area contributed by atoms with Gasteiger partial charge in [-0.2, -0.15) is 9.61 Å². The zero-order valence-corrected chi connectivity index (χ0v) is 14.6. The molecule has 1 N–H and O–H groups in total. The molecular weight excluding hydrogens is 322 g/mol. The van der Waals surface area contributed by atoms with E-state index in [9.17, 15) is 0 Å². The van der Waals surface area contributed by atoms with Crippen molar-refractivity contribution in [2.75, 3.05) is 31.7 Å². The zero-order chi connectivity index (χ0) is 17.4. The van der Waals surface area contributed by atoms with Crippen LogP contribution in [0.15, 0.2) is 16.7 Å². The van der Waals surface area contributed by atoms with E-state index in [1.165, 1.54) is 0 Å². The van der Waals surface area contributed by atoms with Gasteiger partial charge in [0.2, 0.25) is 0 Å². The minimum atomic E-state index is 0.0323. The second kappa shape index (κ2) is 6.45. The van der Waals surface area contributed by atoms with Crippen molar-refractivity contribution in [2.45, 2.75) is 26.9 Å². The van der Waals surface area contributed by atoms with Gasteiger partial charge in [0, 0.05) is 29.9 Å². The second-order valence-corrected chi connectivity index (χ2v) is 6.24. The van der Waals surface area contributed by atoms with Crippen LogP contribution in [0.5, 0.6) is 0 Å². The Kier molecular flexibility index (Phi) is 4.14. The molecule has 1 fully saturated rings. The molecule has 0 bridgehead atoms. The number of hydrogen-bond donors (Lipinski definition) is 1. The molecule has 0 amide bonds. The van der Waals surface area contributed by atoms with Gasteiger partial charge in [-0.15, -0.1) is 0 Å². The maximum atomic E-state index is 5.70. The van der Waals surface area contributed by atoms with Gasteiger partial charge in [0.15, 0.2) is 5.65 Å². The normalized spacial score (nSPS) is 18.0. The number of rotatable bonds is 4. The van der Waals surface area contributed by atoms with Gasteiger partial charge < -0.3 is 19.3 Å². The van der Waals surface area contributed by atoms with E-state index < -0.39 is 0 Å². The molecule has 3 aromatic rings. The fourth-order valence-electron chi connectivity index (χ4n) is 2.89. The summed E-state index contributed by atoms with van der Waals surface area (Å²) in [5, 5.41) is 12.1. The molecule has 4 heterocycles. The van der Waals surface area contributed by atoms with Crippen molar-refractivity contribution in [3.8, 4) is 11.4 Å². The molecule has 132 valence electrons. The molecule has 1 aliphatic rings. The molecule has 25 heavy (non-hydrogen) atoms. The Hall–Kier alpha value is -2.45. The molecule has 0 spiro atoms. The van der Waals surface area contributed by atoms with Crippen LogP contribution in [0.25, 0.3) is 17.0 Å². The lowest BCUT2D eigenvalue weighted by Crippen LogP contribution is -2.34. The SMILES string of the molecule is Cc1cc(-c2cc3nc(C)c(C)c(NC[C@@H]4COCCO4)n3n2)no1. The Morgan fingerprint density at radius 2 is 2.08 bits per heavy atom. The number of fused-ring (bicyclic) bond motifs is 1. The Morgan fingerprint density at radius 3 is 2.80 bits per heavy atom. The predicted molar refractivity (Wildman–Crippen MR) is 91.7 cm³/mol. The largest absolute Gasteiger partial charge is 0.376 e. The van der Waals surface area contributed by atoms with E-state index in [-0.39, 0.29) is 6.10 Å². The van der Waals surface area contributed by atoms with Crippen molar-refractivity contribution < 1.29 is 14.0 Å². The van der Waals surface area contributed by atoms with Crippen LogP contribution in [0, 0.1) is 20.8 Å². The average molecular weight is 343 g/mol. The fourth-order valence-corrected chi connectivity index (χ4v) is 2.89. The van der Waals surface area contributed by atoms with E-state index in [1.54, 1.807) is 0 Å². The summed E-state index contributed by atoms with van der Waals surface area (Å²) in [6.45, 7) is 8.43. The van der Waals surface area contributed by atoms with Crippen molar-refractivity contribution >= 4 is 11.5 Å². The zero-order valence-electron chi connectivity index (χ0n) is 14.6. The van der Waals surface area contributed by atoms with E-state index in [4.69, 9.17) is 14.0 Å². The summed E-state index contributed by atoms with van der Waals surface area (Å²) in [5.41, 5.74) is 4.21. The first-order valence-corrected chi connectivity index (χ1v) is 8.35. The van der Waals surface area contributed by atoms with Gasteiger partial charge in [-0.1, -0.05) is 5.16 Å². The highest BCUT2D eigenvalue weighted by Crippen LogP contribution is 2.24. The van der Waals surface area contributed by atoms with Crippen LogP contribution in [-0.2, 0) is 9.47 Å². The highest BCUT2D eigenvalue weighted by atomic mass is 16.6. The minimum Gasteiger partial charge on any atom is -0.376 e. The van der Waals surface area contributed by atoms with Gasteiger partial charge in [0.05, 0.1) is 25.9 Å². The molecule has 0 aromatic carbocycles. The minimum absolute atomic E-state index is 0.0323. The lowest BCUT2D eigenvalue weighted by atomic mass is 10.2. The summed E-state index contributed by atoms with van der Waals surface area (Å²) in [7, 11) is 0. The number of nitrogens with zero attached hydrogens (tertiary/aromatic N) is 4. The lowest BCUT2D eigenvalue weighted by Gasteiger charge is -2.24. The lowest BCUT2D eigenvalue weighted by molar-refractivity contribution is -0.0819. The Balaban J connectivity index is 1.68. The van der Waals surface area contributed by atoms with E-state index in [2.05, 4.69) is 20.6 Å². The van der Waals surface area contributed by atoms with Crippen LogP contribution in [0.3, 0.4) is 0 Å². The molecule has 1 atom stereocenters. The summed E-state index contributed by atoms with van der Waals surface area (Å²) < 4.78 is 18.1. The molecule has 0 aliphatic carbocycles. The first-order valence-electron chi connectivity index (χ1n) is 8.35. The third kappa shape index (κ3) is 3.10. The second-order valence-electron chi connectivity index (χ2n) is 6.24. The van der Waals surface area contributed by atoms with Crippen LogP contribution >= 0.6 is 0 Å². The molecule has 1 aliphatic heterocycles. The third-order valence-corrected chi connectivity index (χ3v) is 4.36. The Bertz CT molecular complexity index is 895. The molecule has 0 saturated carbocycles. The van der Waals surface area contributed by atoms with E-state index >= 15 is 0 Å². The number of aryl methyl sites for hydroxylation is 2. The standard InChI is InChI=1S/C17H21N5O3/c1-10-6-15(21-25-10)14-7-16-19-12(3)11(2)17(22(16)20-14)18-8-13-9-23-4-5-24-13/h6-7,13,18H,4-5,8-9H2,1-3H3/t13-/m1/s1. The average Bonchev–Trinajstić information content (AvgIpc) is 3.22. The third-order valence-electron chi connectivity index (χ3n) is 4.36. The highest BCUT2D eigenvalue weighted by Gasteiger charge is 2.18. The van der Waals surface area contributed by atoms with Gasteiger partial charge in [-0.3, -0.25) is 0 Å². The quantitative estimate of drug-likeness (QED) is 0.776. The summed E-state index contributed by atoms with van der Waals surface area (Å²) in [4.78, 5) is 4.63. The number of nitrogens with one attached hydrogen (secondary N) is 1. The first-order chi connectivity index (χ1) is 12.1. The molecule has 0 radical (unpaired) electrons. The van der Waals surface area contributed by atoms with Crippen LogP contribution in [0.2, 0.25) is 0 Å². The fraction of sp³-hybridized carbons (Fsp3) is 0.471. The molecule has 8 heteroatoms. The van der Waals surface area contributed by atoms with Gasteiger partial charge >= 0.3 is 0 Å². The summed E-state index contributed by atoms with van der Waals surface area (Å²) >= 11 is 0. The van der Waals surface area contributed by atoms with Crippen LogP contribution in [0.1, 0.15) is 17.0 Å². The van der Waals surface area contributed by atoms with E-state index in [0.29, 0.717) is 32.1 Å². The number of hydrogen-bond acceptors (Lipinski definition) is 7. The predicted octanol–water partition coefficient (Wildman–Crippen LogP) is 2.14. The van der Waals surface area contributed by atoms with E-state index in [0.717, 1.165) is 34.2 Å². The van der Waals surface area contributed by atoms with Crippen molar-refractivity contribution in [3.63, 3.8) is 0 Å². The topological polar surface area (TPSA) is 86.7 Å². The summed E-state index contributed by atoms with van der Waals surface area (Å²) in [5.74, 6) is 1.66. The summed E-state index contributed by atoms with van der Waals surface area (Å²) in [6, 6.07) is 3.77. The number of anilines is 1. The number of aromatic nitrogens is 4. The molecular formula is C17H21N5O3. The Morgan fingerprint density at radius 1 is 1.20 bits per heavy atom. The van der Waals surface area contributed by atoms with Gasteiger partial charge in [0.25, 0.3) is 0 Å². The molecule has 4 rings (SSSR count). The van der Waals surface area contributed by atoms with E-state index in [1.807, 2.05) is 37.4 Å². The van der Waals surface area contributed by atoms with Crippen LogP contribution in [-0.4, -0.2) is 52.2 Å². The number of ether oxygens (including phenoxy) is 2. The summed E-state index contributed by atoms with van der Waals surface area (Å²) in [6.07, 6.45) is 0.0323. The van der Waals surface area contributed by atoms with Crippen molar-refractivity contribution in [3.05, 3.63) is 29.2 Å². The smallest absolute Gasteiger partial charge is 0.158 e. The van der Waals surface area contributed by atoms with Crippen LogP contribution < -0.4 is 5.32 Å². The monoisotopic (exact) mass is 343 g/mol. The maximum Gasteiger partial charge on any atom is 0.158 e. The maximum absolute atomic E-state index is 5.70. The molecule has 3 aromatic heterocycles. The molecule has 8 nitrogen and oxygen atoms in total. The molecule has 1 saturated heterocycles. The van der Waals surface area contributed by atoms with Gasteiger partial charge in [0.1, 0.15) is 23.0 Å². The highest BCUT2D eigenvalue weighted by molar-refractivity contribution is 5.64. The molecule has 0 unspecified atom stereocenters. The van der Waals surface area contributed by atoms with Gasteiger partial charge in [-0.05, 0) is 20.8 Å².